The number of aliphatic carboxylic acids is 1. The summed E-state index contributed by atoms with van der Waals surface area (Å²) in [6.07, 6.45) is 6.04. The van der Waals surface area contributed by atoms with Gasteiger partial charge in [-0.25, -0.2) is 0 Å². The van der Waals surface area contributed by atoms with Crippen LogP contribution < -0.4 is 11.1 Å². The first-order chi connectivity index (χ1) is 14.1. The summed E-state index contributed by atoms with van der Waals surface area (Å²) in [7, 11) is 0. The Balaban J connectivity index is 0.000000359. The van der Waals surface area contributed by atoms with Crippen LogP contribution in [0.5, 0.6) is 0 Å². The third kappa shape index (κ3) is 13.0. The molecule has 2 heterocycles. The monoisotopic (exact) mass is 413 g/mol. The van der Waals surface area contributed by atoms with Crippen LogP contribution in [0.1, 0.15) is 39.0 Å². The van der Waals surface area contributed by atoms with Gasteiger partial charge >= 0.3 is 5.97 Å². The molecule has 29 heavy (non-hydrogen) atoms. The van der Waals surface area contributed by atoms with Crippen LogP contribution in [0.25, 0.3) is 0 Å². The van der Waals surface area contributed by atoms with Gasteiger partial charge in [0.15, 0.2) is 0 Å². The first kappa shape index (κ1) is 26.0. The Kier molecular flexibility index (Phi) is 15.0. The van der Waals surface area contributed by atoms with Gasteiger partial charge in [0, 0.05) is 39.3 Å². The summed E-state index contributed by atoms with van der Waals surface area (Å²) in [5.74, 6) is -0.927. The quantitative estimate of drug-likeness (QED) is 0.405. The van der Waals surface area contributed by atoms with E-state index >= 15 is 0 Å². The molecule has 2 bridgehead atoms. The molecule has 0 aromatic carbocycles. The Hall–Kier alpha value is -1.06. The van der Waals surface area contributed by atoms with E-state index in [1.807, 2.05) is 0 Å². The van der Waals surface area contributed by atoms with Crippen LogP contribution in [-0.2, 0) is 9.59 Å². The standard InChI is InChI=1S/C14H28N4O.C7H15NO2/c19-14-13-18-7-2-6-16-8-4-15-3-1-5-17(10-9-16)11-12-18;1-6(7(9)10)4-2-3-5-8/h14-15H,1-13H2;6H,2-5,8H2,1H3,(H,9,10). The molecule has 2 rings (SSSR count). The molecule has 3 atom stereocenters. The zero-order valence-corrected chi connectivity index (χ0v) is 18.4. The minimum atomic E-state index is -0.711. The van der Waals surface area contributed by atoms with Crippen LogP contribution in [0.2, 0.25) is 0 Å². The van der Waals surface area contributed by atoms with E-state index in [4.69, 9.17) is 10.8 Å². The zero-order chi connectivity index (χ0) is 21.3. The summed E-state index contributed by atoms with van der Waals surface area (Å²) in [6, 6.07) is 0. The molecule has 0 aromatic heterocycles. The summed E-state index contributed by atoms with van der Waals surface area (Å²) in [6.45, 7) is 14.2. The van der Waals surface area contributed by atoms with E-state index < -0.39 is 5.97 Å². The van der Waals surface area contributed by atoms with Gasteiger partial charge in [0.1, 0.15) is 6.29 Å². The van der Waals surface area contributed by atoms with Crippen molar-refractivity contribution in [1.82, 2.24) is 20.0 Å². The van der Waals surface area contributed by atoms with Crippen LogP contribution in [0.4, 0.5) is 0 Å². The van der Waals surface area contributed by atoms with Crippen molar-refractivity contribution in [2.45, 2.75) is 39.0 Å². The number of carboxylic acid groups (broad SMARTS) is 1. The molecule has 170 valence electrons. The van der Waals surface area contributed by atoms with E-state index in [2.05, 4.69) is 20.0 Å². The Bertz CT molecular complexity index is 439. The summed E-state index contributed by atoms with van der Waals surface area (Å²) in [4.78, 5) is 28.4. The maximum Gasteiger partial charge on any atom is 0.306 e. The predicted molar refractivity (Wildman–Crippen MR) is 117 cm³/mol. The molecule has 2 aliphatic heterocycles. The van der Waals surface area contributed by atoms with Crippen molar-refractivity contribution in [2.75, 3.05) is 78.5 Å². The highest BCUT2D eigenvalue weighted by molar-refractivity contribution is 5.69. The lowest BCUT2D eigenvalue weighted by Gasteiger charge is -2.33. The molecule has 4 N–H and O–H groups in total. The lowest BCUT2D eigenvalue weighted by Crippen LogP contribution is -2.46. The summed E-state index contributed by atoms with van der Waals surface area (Å²) >= 11 is 0. The normalized spacial score (nSPS) is 25.3. The lowest BCUT2D eigenvalue weighted by molar-refractivity contribution is -0.141. The smallest absolute Gasteiger partial charge is 0.306 e. The second kappa shape index (κ2) is 16.7. The highest BCUT2D eigenvalue weighted by Crippen LogP contribution is 2.06. The number of rotatable bonds is 7. The minimum Gasteiger partial charge on any atom is -0.481 e. The fourth-order valence-electron chi connectivity index (χ4n) is 3.66. The molecular formula is C21H43N5O3. The number of nitrogens with two attached hydrogens (primary N) is 1. The van der Waals surface area contributed by atoms with E-state index in [0.717, 1.165) is 71.4 Å². The van der Waals surface area contributed by atoms with Crippen LogP contribution in [0.3, 0.4) is 0 Å². The number of nitrogens with zero attached hydrogens (tertiary/aromatic N) is 3. The fourth-order valence-corrected chi connectivity index (χ4v) is 3.66. The van der Waals surface area contributed by atoms with Gasteiger partial charge in [-0.3, -0.25) is 9.69 Å². The van der Waals surface area contributed by atoms with Crippen molar-refractivity contribution in [1.29, 1.82) is 0 Å². The highest BCUT2D eigenvalue weighted by atomic mass is 16.4. The maximum absolute atomic E-state index is 10.7. The second-order valence-electron chi connectivity index (χ2n) is 8.13. The van der Waals surface area contributed by atoms with Gasteiger partial charge in [0.05, 0.1) is 12.5 Å². The Morgan fingerprint density at radius 2 is 1.69 bits per heavy atom. The Morgan fingerprint density at radius 3 is 2.38 bits per heavy atom. The average molecular weight is 414 g/mol. The van der Waals surface area contributed by atoms with Crippen molar-refractivity contribution in [2.24, 2.45) is 11.7 Å². The number of aldehydes is 1. The van der Waals surface area contributed by atoms with Crippen molar-refractivity contribution in [3.63, 3.8) is 0 Å². The van der Waals surface area contributed by atoms with E-state index in [-0.39, 0.29) is 5.92 Å². The first-order valence-electron chi connectivity index (χ1n) is 11.3. The molecule has 0 spiro atoms. The molecule has 0 aromatic rings. The lowest BCUT2D eigenvalue weighted by atomic mass is 10.1. The topological polar surface area (TPSA) is 102 Å². The molecule has 3 unspecified atom stereocenters. The van der Waals surface area contributed by atoms with Gasteiger partial charge < -0.3 is 30.8 Å². The molecule has 2 saturated heterocycles. The Labute approximate surface area is 176 Å². The van der Waals surface area contributed by atoms with E-state index in [0.29, 0.717) is 13.1 Å². The molecule has 0 amide bonds. The summed E-state index contributed by atoms with van der Waals surface area (Å²) in [5, 5.41) is 12.0. The Morgan fingerprint density at radius 1 is 1.00 bits per heavy atom. The van der Waals surface area contributed by atoms with Crippen LogP contribution in [0, 0.1) is 5.92 Å². The molecule has 2 aliphatic rings. The highest BCUT2D eigenvalue weighted by Gasteiger charge is 2.15. The van der Waals surface area contributed by atoms with Crippen molar-refractivity contribution >= 4 is 12.3 Å². The van der Waals surface area contributed by atoms with Gasteiger partial charge in [0.2, 0.25) is 0 Å². The van der Waals surface area contributed by atoms with Gasteiger partial charge in [0.25, 0.3) is 0 Å². The van der Waals surface area contributed by atoms with Gasteiger partial charge in [-0.1, -0.05) is 13.3 Å². The van der Waals surface area contributed by atoms with Crippen molar-refractivity contribution in [3.8, 4) is 0 Å². The van der Waals surface area contributed by atoms with Crippen LogP contribution >= 0.6 is 0 Å². The summed E-state index contributed by atoms with van der Waals surface area (Å²) in [5.41, 5.74) is 5.24. The van der Waals surface area contributed by atoms with Crippen LogP contribution in [-0.4, -0.2) is 111 Å². The summed E-state index contributed by atoms with van der Waals surface area (Å²) < 4.78 is 0. The SMILES string of the molecule is CC(CCCCN)C(=O)O.O=CCN1CCCN2CCNCCCN(CC1)CC2. The second-order valence-corrected chi connectivity index (χ2v) is 8.13. The zero-order valence-electron chi connectivity index (χ0n) is 18.4. The van der Waals surface area contributed by atoms with Crippen LogP contribution in [0.15, 0.2) is 0 Å². The van der Waals surface area contributed by atoms with Gasteiger partial charge in [-0.15, -0.1) is 0 Å². The van der Waals surface area contributed by atoms with Gasteiger partial charge in [-0.2, -0.15) is 0 Å². The number of carbonyl (C=O) groups is 2. The predicted octanol–water partition coefficient (Wildman–Crippen LogP) is 0.324. The molecule has 8 nitrogen and oxygen atoms in total. The largest absolute Gasteiger partial charge is 0.481 e. The fraction of sp³-hybridized carbons (Fsp3) is 0.905. The van der Waals surface area contributed by atoms with E-state index in [1.54, 1.807) is 6.92 Å². The number of carbonyl (C=O) groups excluding carboxylic acids is 1. The number of unbranched alkanes of at least 4 members (excludes halogenated alkanes) is 1. The minimum absolute atomic E-state index is 0.216. The maximum atomic E-state index is 10.7. The number of nitrogens with one attached hydrogen (secondary N) is 1. The molecule has 8 heteroatoms. The number of fused-ring (bicyclic) bond motifs is 3. The molecule has 0 saturated carbocycles. The molecule has 2 fully saturated rings. The number of carboxylic acids is 1. The third-order valence-electron chi connectivity index (χ3n) is 5.69. The van der Waals surface area contributed by atoms with Gasteiger partial charge in [-0.05, 0) is 58.4 Å². The van der Waals surface area contributed by atoms with E-state index in [1.165, 1.54) is 32.5 Å². The molecule has 0 aliphatic carbocycles. The first-order valence-corrected chi connectivity index (χ1v) is 11.3. The van der Waals surface area contributed by atoms with Crippen molar-refractivity contribution in [3.05, 3.63) is 0 Å². The number of hydrogen-bond acceptors (Lipinski definition) is 7. The van der Waals surface area contributed by atoms with E-state index in [9.17, 15) is 9.59 Å². The molecular weight excluding hydrogens is 370 g/mol. The van der Waals surface area contributed by atoms with Crippen molar-refractivity contribution < 1.29 is 14.7 Å². The number of hydrogen-bond donors (Lipinski definition) is 3. The average Bonchev–Trinajstić information content (AvgIpc) is 2.72. The molecule has 0 radical (unpaired) electrons. The third-order valence-corrected chi connectivity index (χ3v) is 5.69.